The average Bonchev–Trinajstić information content (AvgIpc) is 3.30. The Morgan fingerprint density at radius 2 is 2.21 bits per heavy atom. The fraction of sp³-hybridized carbons (Fsp3) is 0.304. The molecule has 6 heteroatoms. The molecule has 2 aromatic carbocycles. The van der Waals surface area contributed by atoms with Crippen LogP contribution >= 0.6 is 0 Å². The van der Waals surface area contributed by atoms with Gasteiger partial charge in [0.05, 0.1) is 35.9 Å². The van der Waals surface area contributed by atoms with E-state index in [0.29, 0.717) is 17.2 Å². The van der Waals surface area contributed by atoms with Crippen molar-refractivity contribution in [3.63, 3.8) is 0 Å². The maximum absolute atomic E-state index is 12.7. The molecule has 1 aliphatic heterocycles. The lowest BCUT2D eigenvalue weighted by atomic mass is 10.1. The molecule has 1 amide bonds. The first-order valence-electron chi connectivity index (χ1n) is 10.00. The largest absolute Gasteiger partial charge is 0.495 e. The quantitative estimate of drug-likeness (QED) is 0.672. The summed E-state index contributed by atoms with van der Waals surface area (Å²) in [5.41, 5.74) is 4.43. The normalized spacial score (nSPS) is 15.5. The summed E-state index contributed by atoms with van der Waals surface area (Å²) in [6.45, 7) is 1.47. The van der Waals surface area contributed by atoms with Gasteiger partial charge in [-0.05, 0) is 60.2 Å². The van der Waals surface area contributed by atoms with E-state index < -0.39 is 0 Å². The summed E-state index contributed by atoms with van der Waals surface area (Å²) in [5, 5.41) is 11.3. The summed E-state index contributed by atoms with van der Waals surface area (Å²) in [5.74, 6) is 2.04. The van der Waals surface area contributed by atoms with E-state index in [1.165, 1.54) is 18.4 Å². The Labute approximate surface area is 168 Å². The summed E-state index contributed by atoms with van der Waals surface area (Å²) < 4.78 is 11.2. The highest BCUT2D eigenvalue weighted by atomic mass is 16.5. The Kier molecular flexibility index (Phi) is 4.46. The summed E-state index contributed by atoms with van der Waals surface area (Å²) in [7, 11) is 1.59. The number of amides is 1. The molecule has 3 aromatic rings. The second-order valence-corrected chi connectivity index (χ2v) is 7.63. The molecule has 6 nitrogen and oxygen atoms in total. The van der Waals surface area contributed by atoms with Gasteiger partial charge in [0, 0.05) is 13.0 Å². The van der Waals surface area contributed by atoms with E-state index in [2.05, 4.69) is 21.6 Å². The van der Waals surface area contributed by atoms with Crippen LogP contribution in [-0.2, 0) is 6.42 Å². The van der Waals surface area contributed by atoms with Gasteiger partial charge in [0.1, 0.15) is 11.5 Å². The Morgan fingerprint density at radius 1 is 1.31 bits per heavy atom. The first-order chi connectivity index (χ1) is 14.2. The van der Waals surface area contributed by atoms with Crippen molar-refractivity contribution in [2.45, 2.75) is 19.3 Å². The maximum Gasteiger partial charge on any atom is 0.255 e. The second-order valence-electron chi connectivity index (χ2n) is 7.63. The molecule has 0 spiro atoms. The number of hydrogen-bond acceptors (Lipinski definition) is 4. The number of benzene rings is 2. The number of ether oxygens (including phenoxy) is 2. The van der Waals surface area contributed by atoms with Crippen LogP contribution in [0.1, 0.15) is 40.0 Å². The molecule has 0 radical (unpaired) electrons. The van der Waals surface area contributed by atoms with Crippen LogP contribution in [0, 0.1) is 5.92 Å². The Hall–Kier alpha value is -3.28. The molecular weight excluding hydrogens is 366 g/mol. The van der Waals surface area contributed by atoms with Crippen molar-refractivity contribution in [2.24, 2.45) is 5.92 Å². The van der Waals surface area contributed by atoms with Gasteiger partial charge in [0.25, 0.3) is 5.91 Å². The maximum atomic E-state index is 12.7. The van der Waals surface area contributed by atoms with Crippen LogP contribution in [0.5, 0.6) is 11.5 Å². The number of carbonyl (C=O) groups excluding carboxylic acids is 1. The zero-order valence-electron chi connectivity index (χ0n) is 16.3. The van der Waals surface area contributed by atoms with Crippen LogP contribution in [0.25, 0.3) is 23.1 Å². The van der Waals surface area contributed by atoms with Crippen molar-refractivity contribution in [3.05, 3.63) is 52.7 Å². The number of nitrogens with zero attached hydrogens (tertiary/aromatic N) is 1. The topological polar surface area (TPSA) is 76.2 Å². The summed E-state index contributed by atoms with van der Waals surface area (Å²) >= 11 is 0. The van der Waals surface area contributed by atoms with Crippen LogP contribution < -0.4 is 14.8 Å². The van der Waals surface area contributed by atoms with E-state index in [1.807, 2.05) is 30.4 Å². The molecule has 1 fully saturated rings. The Morgan fingerprint density at radius 3 is 3.03 bits per heavy atom. The van der Waals surface area contributed by atoms with E-state index in [-0.39, 0.29) is 5.91 Å². The first kappa shape index (κ1) is 17.8. The second kappa shape index (κ2) is 7.28. The molecule has 0 saturated heterocycles. The molecule has 0 atom stereocenters. The molecule has 1 aliphatic carbocycles. The van der Waals surface area contributed by atoms with Gasteiger partial charge >= 0.3 is 0 Å². The molecule has 2 N–H and O–H groups in total. The van der Waals surface area contributed by atoms with E-state index in [1.54, 1.807) is 13.2 Å². The minimum Gasteiger partial charge on any atom is -0.495 e. The van der Waals surface area contributed by atoms with Gasteiger partial charge in [0.2, 0.25) is 0 Å². The molecule has 0 bridgehead atoms. The molecule has 5 rings (SSSR count). The van der Waals surface area contributed by atoms with Gasteiger partial charge in [-0.15, -0.1) is 0 Å². The lowest BCUT2D eigenvalue weighted by Gasteiger charge is -2.10. The summed E-state index contributed by atoms with van der Waals surface area (Å²) in [6.07, 6.45) is 7.34. The van der Waals surface area contributed by atoms with E-state index in [9.17, 15) is 4.79 Å². The predicted molar refractivity (Wildman–Crippen MR) is 112 cm³/mol. The van der Waals surface area contributed by atoms with E-state index in [4.69, 9.17) is 9.47 Å². The number of aromatic amines is 1. The SMILES string of the molecule is COc1c(C(=O)NCC2CC2)ccc2n[nH]c(/C=C/c3ccc4c(c3)CCO4)c12. The molecule has 29 heavy (non-hydrogen) atoms. The van der Waals surface area contributed by atoms with Crippen LogP contribution in [0.2, 0.25) is 0 Å². The molecule has 2 aliphatic rings. The third kappa shape index (κ3) is 3.46. The van der Waals surface area contributed by atoms with Gasteiger partial charge in [-0.25, -0.2) is 0 Å². The van der Waals surface area contributed by atoms with Crippen LogP contribution in [0.3, 0.4) is 0 Å². The van der Waals surface area contributed by atoms with Crippen molar-refractivity contribution in [3.8, 4) is 11.5 Å². The Balaban J connectivity index is 1.47. The summed E-state index contributed by atoms with van der Waals surface area (Å²) in [6, 6.07) is 9.82. The van der Waals surface area contributed by atoms with Gasteiger partial charge in [-0.2, -0.15) is 5.10 Å². The average molecular weight is 389 g/mol. The molecule has 0 unspecified atom stereocenters. The zero-order valence-corrected chi connectivity index (χ0v) is 16.3. The standard InChI is InChI=1S/C23H23N3O3/c1-28-22-17(23(27)24-13-15-2-3-15)6-8-19-21(22)18(25-26-19)7-4-14-5-9-20-16(12-14)10-11-29-20/h4-9,12,15H,2-3,10-11,13H2,1H3,(H,24,27)(H,25,26)/b7-4+. The van der Waals surface area contributed by atoms with Crippen LogP contribution in [0.4, 0.5) is 0 Å². The number of nitrogens with one attached hydrogen (secondary N) is 2. The number of rotatable bonds is 6. The molecule has 2 heterocycles. The molecule has 1 saturated carbocycles. The fourth-order valence-electron chi connectivity index (χ4n) is 3.76. The van der Waals surface area contributed by atoms with Crippen LogP contribution in [0.15, 0.2) is 30.3 Å². The fourth-order valence-corrected chi connectivity index (χ4v) is 3.76. The molecule has 148 valence electrons. The van der Waals surface area contributed by atoms with Crippen molar-refractivity contribution >= 4 is 29.0 Å². The number of carbonyl (C=O) groups is 1. The lowest BCUT2D eigenvalue weighted by molar-refractivity contribution is 0.0949. The monoisotopic (exact) mass is 389 g/mol. The van der Waals surface area contributed by atoms with Crippen molar-refractivity contribution in [1.82, 2.24) is 15.5 Å². The van der Waals surface area contributed by atoms with Gasteiger partial charge < -0.3 is 14.8 Å². The minimum atomic E-state index is -0.106. The van der Waals surface area contributed by atoms with Crippen molar-refractivity contribution < 1.29 is 14.3 Å². The number of methoxy groups -OCH3 is 1. The smallest absolute Gasteiger partial charge is 0.255 e. The van der Waals surface area contributed by atoms with E-state index >= 15 is 0 Å². The highest BCUT2D eigenvalue weighted by Crippen LogP contribution is 2.33. The first-order valence-corrected chi connectivity index (χ1v) is 10.00. The lowest BCUT2D eigenvalue weighted by Crippen LogP contribution is -2.26. The highest BCUT2D eigenvalue weighted by molar-refractivity contribution is 6.05. The molecule has 1 aromatic heterocycles. The zero-order chi connectivity index (χ0) is 19.8. The van der Waals surface area contributed by atoms with Gasteiger partial charge in [0.15, 0.2) is 0 Å². The number of aromatic nitrogens is 2. The minimum absolute atomic E-state index is 0.106. The predicted octanol–water partition coefficient (Wildman–Crippen LogP) is 3.82. The highest BCUT2D eigenvalue weighted by Gasteiger charge is 2.24. The summed E-state index contributed by atoms with van der Waals surface area (Å²) in [4.78, 5) is 12.7. The molecular formula is C23H23N3O3. The van der Waals surface area contributed by atoms with E-state index in [0.717, 1.165) is 47.5 Å². The number of H-pyrrole nitrogens is 1. The number of hydrogen-bond donors (Lipinski definition) is 2. The van der Waals surface area contributed by atoms with Gasteiger partial charge in [-0.3, -0.25) is 9.89 Å². The Bertz CT molecular complexity index is 1110. The van der Waals surface area contributed by atoms with Gasteiger partial charge in [-0.1, -0.05) is 12.1 Å². The third-order valence-electron chi connectivity index (χ3n) is 5.55. The van der Waals surface area contributed by atoms with Crippen molar-refractivity contribution in [1.29, 1.82) is 0 Å². The third-order valence-corrected chi connectivity index (χ3v) is 5.55. The van der Waals surface area contributed by atoms with Crippen molar-refractivity contribution in [2.75, 3.05) is 20.3 Å². The number of fused-ring (bicyclic) bond motifs is 2. The van der Waals surface area contributed by atoms with Crippen LogP contribution in [-0.4, -0.2) is 36.4 Å².